The van der Waals surface area contributed by atoms with E-state index in [4.69, 9.17) is 5.11 Å². The zero-order valence-electron chi connectivity index (χ0n) is 10.8. The molecule has 21 heavy (non-hydrogen) atoms. The molecule has 0 saturated carbocycles. The Labute approximate surface area is 119 Å². The van der Waals surface area contributed by atoms with Crippen LogP contribution in [0.5, 0.6) is 0 Å². The second-order valence-electron chi connectivity index (χ2n) is 4.44. The van der Waals surface area contributed by atoms with Crippen LogP contribution in [0.2, 0.25) is 0 Å². The quantitative estimate of drug-likeness (QED) is 0.588. The maximum atomic E-state index is 11.2. The molecule has 104 valence electrons. The largest absolute Gasteiger partial charge is 0.478 e. The van der Waals surface area contributed by atoms with Crippen molar-refractivity contribution in [2.45, 2.75) is 0 Å². The van der Waals surface area contributed by atoms with E-state index in [0.29, 0.717) is 15.9 Å². The van der Waals surface area contributed by atoms with Crippen LogP contribution in [0.25, 0.3) is 23.2 Å². The van der Waals surface area contributed by atoms with Crippen molar-refractivity contribution < 1.29 is 19.4 Å². The van der Waals surface area contributed by atoms with Gasteiger partial charge in [-0.3, -0.25) is 4.63 Å². The zero-order valence-corrected chi connectivity index (χ0v) is 10.8. The van der Waals surface area contributed by atoms with Gasteiger partial charge in [-0.15, -0.1) is 0 Å². The number of aromatic carboxylic acids is 1. The minimum Gasteiger partial charge on any atom is -0.478 e. The number of fused-ring (bicyclic) bond motifs is 1. The SMILES string of the molecule is O=C(O)c1ccc(/C=C\c2ccc3c(c2)no[n+]3[O-])cc1. The van der Waals surface area contributed by atoms with Crippen LogP contribution >= 0.6 is 0 Å². The highest BCUT2D eigenvalue weighted by molar-refractivity contribution is 5.88. The highest BCUT2D eigenvalue weighted by Crippen LogP contribution is 2.14. The van der Waals surface area contributed by atoms with E-state index in [-0.39, 0.29) is 5.56 Å². The van der Waals surface area contributed by atoms with Gasteiger partial charge in [0.2, 0.25) is 11.0 Å². The molecule has 3 aromatic rings. The second-order valence-corrected chi connectivity index (χ2v) is 4.44. The van der Waals surface area contributed by atoms with E-state index in [9.17, 15) is 10.0 Å². The normalized spacial score (nSPS) is 11.2. The van der Waals surface area contributed by atoms with Gasteiger partial charge >= 0.3 is 5.97 Å². The van der Waals surface area contributed by atoms with Crippen LogP contribution in [-0.4, -0.2) is 16.2 Å². The molecule has 0 atom stereocenters. The number of carboxylic acids is 1. The van der Waals surface area contributed by atoms with Crippen molar-refractivity contribution in [3.63, 3.8) is 0 Å². The van der Waals surface area contributed by atoms with Crippen LogP contribution in [0.3, 0.4) is 0 Å². The lowest BCUT2D eigenvalue weighted by Crippen LogP contribution is -2.22. The molecule has 0 bridgehead atoms. The van der Waals surface area contributed by atoms with Gasteiger partial charge in [-0.05, 0) is 34.2 Å². The number of rotatable bonds is 3. The monoisotopic (exact) mass is 282 g/mol. The lowest BCUT2D eigenvalue weighted by Gasteiger charge is -1.96. The van der Waals surface area contributed by atoms with Gasteiger partial charge in [0.25, 0.3) is 0 Å². The summed E-state index contributed by atoms with van der Waals surface area (Å²) in [5.41, 5.74) is 2.83. The molecule has 0 aliphatic carbocycles. The van der Waals surface area contributed by atoms with Gasteiger partial charge in [0.05, 0.1) is 5.56 Å². The Hall–Kier alpha value is -3.15. The molecule has 0 amide bonds. The summed E-state index contributed by atoms with van der Waals surface area (Å²) in [4.78, 5) is 11.1. The number of aromatic nitrogens is 2. The fraction of sp³-hybridized carbons (Fsp3) is 0. The Morgan fingerprint density at radius 1 is 1.14 bits per heavy atom. The second kappa shape index (κ2) is 5.09. The Morgan fingerprint density at radius 3 is 2.52 bits per heavy atom. The average molecular weight is 282 g/mol. The van der Waals surface area contributed by atoms with E-state index in [1.807, 2.05) is 12.2 Å². The maximum absolute atomic E-state index is 11.2. The van der Waals surface area contributed by atoms with E-state index in [1.165, 1.54) is 0 Å². The summed E-state index contributed by atoms with van der Waals surface area (Å²) in [5, 5.41) is 23.6. The number of carbonyl (C=O) groups is 1. The first-order valence-corrected chi connectivity index (χ1v) is 6.14. The Morgan fingerprint density at radius 2 is 1.81 bits per heavy atom. The first kappa shape index (κ1) is 12.9. The van der Waals surface area contributed by atoms with Crippen LogP contribution in [0.15, 0.2) is 47.1 Å². The van der Waals surface area contributed by atoms with Gasteiger partial charge < -0.3 is 10.3 Å². The van der Waals surface area contributed by atoms with Crippen LogP contribution < -0.4 is 4.90 Å². The summed E-state index contributed by atoms with van der Waals surface area (Å²) in [6.07, 6.45) is 3.69. The summed E-state index contributed by atoms with van der Waals surface area (Å²) >= 11 is 0. The van der Waals surface area contributed by atoms with Crippen molar-refractivity contribution in [2.75, 3.05) is 0 Å². The van der Waals surface area contributed by atoms with Crippen molar-refractivity contribution in [3.05, 3.63) is 64.4 Å². The molecule has 1 N–H and O–H groups in total. The summed E-state index contributed by atoms with van der Waals surface area (Å²) in [6.45, 7) is 0. The van der Waals surface area contributed by atoms with Gasteiger partial charge in [-0.2, -0.15) is 0 Å². The fourth-order valence-corrected chi connectivity index (χ4v) is 1.93. The molecular formula is C15H10N2O4. The van der Waals surface area contributed by atoms with Gasteiger partial charge in [-0.25, -0.2) is 4.79 Å². The molecule has 0 radical (unpaired) electrons. The standard InChI is InChI=1S/C15H10N2O4/c18-15(19)12-6-3-10(4-7-12)1-2-11-5-8-14-13(9-11)16-21-17(14)20/h1-9H,(H,18,19)/b2-1-. The van der Waals surface area contributed by atoms with Crippen LogP contribution in [0.4, 0.5) is 0 Å². The first-order valence-electron chi connectivity index (χ1n) is 6.14. The van der Waals surface area contributed by atoms with Crippen LogP contribution in [0, 0.1) is 5.21 Å². The molecule has 6 nitrogen and oxygen atoms in total. The topological polar surface area (TPSA) is 90.3 Å². The van der Waals surface area contributed by atoms with E-state index in [2.05, 4.69) is 9.79 Å². The molecule has 1 aromatic heterocycles. The zero-order chi connectivity index (χ0) is 14.8. The molecule has 0 unspecified atom stereocenters. The van der Waals surface area contributed by atoms with Crippen molar-refractivity contribution in [1.82, 2.24) is 5.16 Å². The molecule has 0 aliphatic rings. The third-order valence-electron chi connectivity index (χ3n) is 3.04. The minimum atomic E-state index is -0.951. The highest BCUT2D eigenvalue weighted by Gasteiger charge is 2.08. The third kappa shape index (κ3) is 2.59. The molecule has 0 fully saturated rings. The predicted molar refractivity (Wildman–Crippen MR) is 75.3 cm³/mol. The van der Waals surface area contributed by atoms with Crippen molar-refractivity contribution >= 4 is 29.2 Å². The molecule has 2 aromatic carbocycles. The first-order chi connectivity index (χ1) is 10.1. The van der Waals surface area contributed by atoms with Crippen molar-refractivity contribution in [1.29, 1.82) is 0 Å². The number of carboxylic acid groups (broad SMARTS) is 1. The molecule has 0 aliphatic heterocycles. The summed E-state index contributed by atoms with van der Waals surface area (Å²) in [6, 6.07) is 11.7. The number of nitrogens with zero attached hydrogens (tertiary/aromatic N) is 2. The summed E-state index contributed by atoms with van der Waals surface area (Å²) in [7, 11) is 0. The predicted octanol–water partition coefficient (Wildman–Crippen LogP) is 2.33. The number of hydrogen-bond acceptors (Lipinski definition) is 4. The van der Waals surface area contributed by atoms with Gasteiger partial charge in [0.15, 0.2) is 0 Å². The number of benzene rings is 2. The summed E-state index contributed by atoms with van der Waals surface area (Å²) in [5.74, 6) is -0.951. The average Bonchev–Trinajstić information content (AvgIpc) is 2.86. The molecule has 0 spiro atoms. The van der Waals surface area contributed by atoms with Gasteiger partial charge in [-0.1, -0.05) is 30.4 Å². The lowest BCUT2D eigenvalue weighted by molar-refractivity contribution is -0.782. The molecule has 0 saturated heterocycles. The molecular weight excluding hydrogens is 272 g/mol. The highest BCUT2D eigenvalue weighted by atomic mass is 16.8. The fourth-order valence-electron chi connectivity index (χ4n) is 1.93. The Balaban J connectivity index is 1.85. The van der Waals surface area contributed by atoms with Crippen molar-refractivity contribution in [3.8, 4) is 0 Å². The lowest BCUT2D eigenvalue weighted by atomic mass is 10.1. The smallest absolute Gasteiger partial charge is 0.335 e. The maximum Gasteiger partial charge on any atom is 0.335 e. The van der Waals surface area contributed by atoms with Gasteiger partial charge in [0.1, 0.15) is 0 Å². The Bertz CT molecular complexity index is 835. The van der Waals surface area contributed by atoms with Gasteiger partial charge in [0, 0.05) is 11.2 Å². The van der Waals surface area contributed by atoms with E-state index in [0.717, 1.165) is 11.1 Å². The molecule has 1 heterocycles. The molecule has 3 rings (SSSR count). The minimum absolute atomic E-state index is 0.246. The van der Waals surface area contributed by atoms with E-state index in [1.54, 1.807) is 42.5 Å². The van der Waals surface area contributed by atoms with Crippen LogP contribution in [0.1, 0.15) is 21.5 Å². The van der Waals surface area contributed by atoms with Crippen molar-refractivity contribution in [2.24, 2.45) is 0 Å². The van der Waals surface area contributed by atoms with Crippen LogP contribution in [-0.2, 0) is 0 Å². The number of hydrogen-bond donors (Lipinski definition) is 1. The Kier molecular flexibility index (Phi) is 3.12. The third-order valence-corrected chi connectivity index (χ3v) is 3.04. The van der Waals surface area contributed by atoms with E-state index < -0.39 is 5.97 Å². The molecule has 6 heteroatoms. The van der Waals surface area contributed by atoms with E-state index >= 15 is 0 Å². The summed E-state index contributed by atoms with van der Waals surface area (Å²) < 4.78 is 4.50.